The minimum absolute atomic E-state index is 0.194. The van der Waals surface area contributed by atoms with Crippen molar-refractivity contribution in [3.63, 3.8) is 0 Å². The molecule has 7 heteroatoms. The van der Waals surface area contributed by atoms with E-state index < -0.39 is 10.0 Å². The predicted octanol–water partition coefficient (Wildman–Crippen LogP) is 2.08. The molecule has 6 nitrogen and oxygen atoms in total. The van der Waals surface area contributed by atoms with Gasteiger partial charge in [0.05, 0.1) is 4.90 Å². The lowest BCUT2D eigenvalue weighted by atomic mass is 10.4. The molecule has 0 bridgehead atoms. The molecule has 24 heavy (non-hydrogen) atoms. The molecule has 0 aliphatic heterocycles. The molecule has 0 atom stereocenters. The smallest absolute Gasteiger partial charge is 0.284 e. The van der Waals surface area contributed by atoms with Gasteiger partial charge in [-0.1, -0.05) is 18.2 Å². The minimum atomic E-state index is -3.76. The van der Waals surface area contributed by atoms with Gasteiger partial charge in [-0.15, -0.1) is 4.40 Å². The highest BCUT2D eigenvalue weighted by molar-refractivity contribution is 7.90. The lowest BCUT2D eigenvalue weighted by molar-refractivity contribution is 0.342. The van der Waals surface area contributed by atoms with Crippen LogP contribution in [0.2, 0.25) is 0 Å². The molecule has 1 rings (SSSR count). The van der Waals surface area contributed by atoms with Crippen LogP contribution in [0, 0.1) is 0 Å². The Labute approximate surface area is 146 Å². The van der Waals surface area contributed by atoms with Crippen LogP contribution < -0.4 is 0 Å². The SMILES string of the molecule is CCN(CC)/C(C=C(N(C)C)N(C)C)=N\S(=O)(=O)c1ccccc1. The first-order chi connectivity index (χ1) is 11.2. The highest BCUT2D eigenvalue weighted by Crippen LogP contribution is 2.14. The Morgan fingerprint density at radius 1 is 1.00 bits per heavy atom. The summed E-state index contributed by atoms with van der Waals surface area (Å²) in [4.78, 5) is 5.97. The average Bonchev–Trinajstić information content (AvgIpc) is 2.53. The van der Waals surface area contributed by atoms with Crippen molar-refractivity contribution >= 4 is 15.9 Å². The molecule has 0 heterocycles. The van der Waals surface area contributed by atoms with E-state index in [9.17, 15) is 8.42 Å². The summed E-state index contributed by atoms with van der Waals surface area (Å²) in [6, 6.07) is 8.29. The van der Waals surface area contributed by atoms with Crippen LogP contribution in [0.4, 0.5) is 0 Å². The molecule has 0 amide bonds. The van der Waals surface area contributed by atoms with Gasteiger partial charge in [0.15, 0.2) is 0 Å². The Morgan fingerprint density at radius 2 is 1.50 bits per heavy atom. The summed E-state index contributed by atoms with van der Waals surface area (Å²) in [5.74, 6) is 1.30. The summed E-state index contributed by atoms with van der Waals surface area (Å²) in [6.45, 7) is 5.30. The van der Waals surface area contributed by atoms with Crippen molar-refractivity contribution in [1.82, 2.24) is 14.7 Å². The van der Waals surface area contributed by atoms with Crippen LogP contribution in [-0.2, 0) is 10.0 Å². The van der Waals surface area contributed by atoms with Gasteiger partial charge >= 0.3 is 0 Å². The number of sulfonamides is 1. The predicted molar refractivity (Wildman–Crippen MR) is 99.4 cm³/mol. The topological polar surface area (TPSA) is 56.2 Å². The van der Waals surface area contributed by atoms with Gasteiger partial charge in [-0.25, -0.2) is 0 Å². The second kappa shape index (κ2) is 8.73. The molecular weight excluding hydrogens is 324 g/mol. The maximum atomic E-state index is 12.6. The van der Waals surface area contributed by atoms with Crippen molar-refractivity contribution < 1.29 is 8.42 Å². The summed E-state index contributed by atoms with van der Waals surface area (Å²) < 4.78 is 29.4. The largest absolute Gasteiger partial charge is 0.364 e. The number of hydrogen-bond acceptors (Lipinski definition) is 4. The fourth-order valence-electron chi connectivity index (χ4n) is 2.26. The number of rotatable bonds is 7. The summed E-state index contributed by atoms with van der Waals surface area (Å²) in [6.07, 6.45) is 1.80. The molecule has 0 N–H and O–H groups in total. The zero-order chi connectivity index (χ0) is 18.3. The summed E-state index contributed by atoms with van der Waals surface area (Å²) >= 11 is 0. The molecule has 0 saturated heterocycles. The van der Waals surface area contributed by atoms with Crippen molar-refractivity contribution in [1.29, 1.82) is 0 Å². The fourth-order valence-corrected chi connectivity index (χ4v) is 3.29. The lowest BCUT2D eigenvalue weighted by Gasteiger charge is -2.27. The van der Waals surface area contributed by atoms with E-state index in [1.165, 1.54) is 0 Å². The molecule has 0 aromatic heterocycles. The monoisotopic (exact) mass is 352 g/mol. The van der Waals surface area contributed by atoms with Crippen molar-refractivity contribution in [3.05, 3.63) is 42.2 Å². The third-order valence-electron chi connectivity index (χ3n) is 3.52. The molecule has 1 aromatic rings. The van der Waals surface area contributed by atoms with Crippen molar-refractivity contribution in [2.45, 2.75) is 18.7 Å². The standard InChI is InChI=1S/C17H28N4O2S/c1-7-21(8-2)16(14-17(19(3)4)20(5)6)18-24(22,23)15-12-10-9-11-13-15/h9-14H,7-8H2,1-6H3/b18-16-. The van der Waals surface area contributed by atoms with E-state index in [0.29, 0.717) is 18.9 Å². The minimum Gasteiger partial charge on any atom is -0.364 e. The second-order valence-electron chi connectivity index (χ2n) is 5.70. The molecule has 0 unspecified atom stereocenters. The third-order valence-corrected chi connectivity index (χ3v) is 4.81. The number of amidine groups is 1. The van der Waals surface area contributed by atoms with Crippen molar-refractivity contribution in [2.75, 3.05) is 41.3 Å². The van der Waals surface area contributed by atoms with E-state index in [1.807, 2.05) is 56.7 Å². The average molecular weight is 353 g/mol. The Morgan fingerprint density at radius 3 is 1.92 bits per heavy atom. The molecule has 1 aromatic carbocycles. The molecule has 0 spiro atoms. The zero-order valence-corrected chi connectivity index (χ0v) is 16.2. The van der Waals surface area contributed by atoms with E-state index in [0.717, 1.165) is 5.82 Å². The Balaban J connectivity index is 3.46. The highest BCUT2D eigenvalue weighted by atomic mass is 32.2. The van der Waals surface area contributed by atoms with E-state index in [1.54, 1.807) is 36.4 Å². The van der Waals surface area contributed by atoms with E-state index in [2.05, 4.69) is 4.40 Å². The first-order valence-electron chi connectivity index (χ1n) is 7.94. The first kappa shape index (κ1) is 20.0. The zero-order valence-electron chi connectivity index (χ0n) is 15.4. The Hall–Kier alpha value is -2.02. The van der Waals surface area contributed by atoms with E-state index >= 15 is 0 Å². The number of benzene rings is 1. The normalized spacial score (nSPS) is 11.8. The maximum Gasteiger partial charge on any atom is 0.284 e. The van der Waals surface area contributed by atoms with Crippen LogP contribution in [0.25, 0.3) is 0 Å². The maximum absolute atomic E-state index is 12.6. The summed E-state index contributed by atoms with van der Waals surface area (Å²) in [5.41, 5.74) is 0. The number of likely N-dealkylation sites (N-methyl/N-ethyl adjacent to an activating group) is 1. The lowest BCUT2D eigenvalue weighted by Crippen LogP contribution is -2.33. The quantitative estimate of drug-likeness (QED) is 0.555. The number of hydrogen-bond donors (Lipinski definition) is 0. The summed E-state index contributed by atoms with van der Waals surface area (Å²) in [5, 5.41) is 0. The molecule has 0 aliphatic carbocycles. The summed E-state index contributed by atoms with van der Waals surface area (Å²) in [7, 11) is 3.90. The van der Waals surface area contributed by atoms with Crippen LogP contribution in [0.15, 0.2) is 51.5 Å². The third kappa shape index (κ3) is 5.26. The van der Waals surface area contributed by atoms with E-state index in [-0.39, 0.29) is 4.90 Å². The van der Waals surface area contributed by atoms with Gasteiger partial charge in [-0.05, 0) is 26.0 Å². The van der Waals surface area contributed by atoms with Gasteiger partial charge in [-0.3, -0.25) is 0 Å². The van der Waals surface area contributed by atoms with Crippen LogP contribution in [0.1, 0.15) is 13.8 Å². The number of nitrogens with zero attached hydrogens (tertiary/aromatic N) is 4. The second-order valence-corrected chi connectivity index (χ2v) is 7.31. The van der Waals surface area contributed by atoms with Gasteiger partial charge in [0.1, 0.15) is 11.7 Å². The molecule has 0 aliphatic rings. The molecule has 0 saturated carbocycles. The molecular formula is C17H28N4O2S. The molecule has 0 fully saturated rings. The van der Waals surface area contributed by atoms with E-state index in [4.69, 9.17) is 0 Å². The van der Waals surface area contributed by atoms with Gasteiger partial charge in [0.2, 0.25) is 0 Å². The Bertz CT molecular complexity index is 666. The van der Waals surface area contributed by atoms with Gasteiger partial charge in [-0.2, -0.15) is 8.42 Å². The van der Waals surface area contributed by atoms with Gasteiger partial charge < -0.3 is 14.7 Å². The van der Waals surface area contributed by atoms with Crippen molar-refractivity contribution in [2.24, 2.45) is 4.40 Å². The molecule has 0 radical (unpaired) electrons. The molecule has 134 valence electrons. The Kier molecular flexibility index (Phi) is 7.28. The highest BCUT2D eigenvalue weighted by Gasteiger charge is 2.17. The van der Waals surface area contributed by atoms with Crippen LogP contribution in [0.3, 0.4) is 0 Å². The van der Waals surface area contributed by atoms with Crippen LogP contribution in [-0.4, -0.2) is 70.2 Å². The van der Waals surface area contributed by atoms with Crippen LogP contribution >= 0.6 is 0 Å². The first-order valence-corrected chi connectivity index (χ1v) is 9.38. The van der Waals surface area contributed by atoms with Gasteiger partial charge in [0, 0.05) is 47.4 Å². The van der Waals surface area contributed by atoms with Crippen molar-refractivity contribution in [3.8, 4) is 0 Å². The van der Waals surface area contributed by atoms with Crippen LogP contribution in [0.5, 0.6) is 0 Å². The fraction of sp³-hybridized carbons (Fsp3) is 0.471. The van der Waals surface area contributed by atoms with Gasteiger partial charge in [0.25, 0.3) is 10.0 Å².